The van der Waals surface area contributed by atoms with Crippen molar-refractivity contribution in [3.05, 3.63) is 62.7 Å². The van der Waals surface area contributed by atoms with Gasteiger partial charge in [-0.3, -0.25) is 10.1 Å². The second-order valence-corrected chi connectivity index (χ2v) is 4.32. The Balaban J connectivity index is 2.38. The van der Waals surface area contributed by atoms with Crippen LogP contribution in [0.2, 0.25) is 5.02 Å². The minimum Gasteiger partial charge on any atom is -0.454 e. The lowest BCUT2D eigenvalue weighted by atomic mass is 10.2. The Morgan fingerprint density at radius 1 is 1.10 bits per heavy atom. The molecular weight excluding hydrogens is 294 g/mol. The largest absolute Gasteiger partial charge is 0.454 e. The average molecular weight is 300 g/mol. The lowest BCUT2D eigenvalue weighted by Gasteiger charge is -2.09. The van der Waals surface area contributed by atoms with E-state index in [9.17, 15) is 10.1 Å². The van der Waals surface area contributed by atoms with Crippen molar-refractivity contribution < 1.29 is 9.66 Å². The number of halogens is 1. The summed E-state index contributed by atoms with van der Waals surface area (Å²) >= 11 is 5.97. The Hall–Kier alpha value is -3.09. The molecule has 21 heavy (non-hydrogen) atoms. The summed E-state index contributed by atoms with van der Waals surface area (Å²) in [6.45, 7) is 0. The van der Waals surface area contributed by atoms with Gasteiger partial charge in [0.15, 0.2) is 0 Å². The predicted molar refractivity (Wildman–Crippen MR) is 74.1 cm³/mol. The van der Waals surface area contributed by atoms with Crippen LogP contribution in [0.25, 0.3) is 0 Å². The predicted octanol–water partition coefficient (Wildman–Crippen LogP) is 3.78. The molecule has 2 aromatic carbocycles. The van der Waals surface area contributed by atoms with Gasteiger partial charge in [0.25, 0.3) is 5.69 Å². The van der Waals surface area contributed by atoms with E-state index < -0.39 is 4.92 Å². The van der Waals surface area contributed by atoms with Crippen LogP contribution in [0.3, 0.4) is 0 Å². The molecule has 0 bridgehead atoms. The molecule has 0 unspecified atom stereocenters. The molecule has 0 heterocycles. The molecule has 0 N–H and O–H groups in total. The fraction of sp³-hybridized carbons (Fsp3) is 0. The molecule has 6 nitrogen and oxygen atoms in total. The fourth-order valence-electron chi connectivity index (χ4n) is 1.58. The minimum atomic E-state index is -0.598. The summed E-state index contributed by atoms with van der Waals surface area (Å²) in [7, 11) is 0. The maximum absolute atomic E-state index is 10.7. The molecule has 7 heteroatoms. The van der Waals surface area contributed by atoms with Crippen LogP contribution in [0.15, 0.2) is 36.4 Å². The molecule has 2 rings (SSSR count). The van der Waals surface area contributed by atoms with E-state index in [1.807, 2.05) is 12.1 Å². The van der Waals surface area contributed by atoms with E-state index in [-0.39, 0.29) is 27.8 Å². The first kappa shape index (κ1) is 14.3. The third-order valence-electron chi connectivity index (χ3n) is 2.58. The van der Waals surface area contributed by atoms with Gasteiger partial charge in [0.05, 0.1) is 21.6 Å². The van der Waals surface area contributed by atoms with Gasteiger partial charge in [0.2, 0.25) is 0 Å². The molecule has 0 saturated carbocycles. The zero-order valence-corrected chi connectivity index (χ0v) is 11.2. The highest BCUT2D eigenvalue weighted by molar-refractivity contribution is 6.32. The first-order valence-corrected chi connectivity index (χ1v) is 5.99. The van der Waals surface area contributed by atoms with Crippen molar-refractivity contribution in [3.63, 3.8) is 0 Å². The molecule has 0 aliphatic carbocycles. The molecule has 0 aromatic heterocycles. The number of hydrogen-bond donors (Lipinski definition) is 0. The number of nitrogens with zero attached hydrogens (tertiary/aromatic N) is 3. The van der Waals surface area contributed by atoms with Crippen molar-refractivity contribution in [3.8, 4) is 23.6 Å². The SMILES string of the molecule is N#Cc1ccc(Oc2ccc([N+](=O)[O-])cc2C#N)c(Cl)c1. The van der Waals surface area contributed by atoms with Crippen LogP contribution in [0, 0.1) is 32.8 Å². The van der Waals surface area contributed by atoms with E-state index in [0.717, 1.165) is 6.07 Å². The summed E-state index contributed by atoms with van der Waals surface area (Å²) in [5, 5.41) is 28.6. The lowest BCUT2D eigenvalue weighted by Crippen LogP contribution is -1.93. The van der Waals surface area contributed by atoms with Gasteiger partial charge in [0, 0.05) is 12.1 Å². The highest BCUT2D eigenvalue weighted by atomic mass is 35.5. The van der Waals surface area contributed by atoms with Gasteiger partial charge in [-0.1, -0.05) is 11.6 Å². The molecule has 0 spiro atoms. The topological polar surface area (TPSA) is 99.9 Å². The summed E-state index contributed by atoms with van der Waals surface area (Å²) in [5.41, 5.74) is 0.186. The van der Waals surface area contributed by atoms with Crippen molar-refractivity contribution in [1.29, 1.82) is 10.5 Å². The van der Waals surface area contributed by atoms with Crippen LogP contribution in [0.5, 0.6) is 11.5 Å². The van der Waals surface area contributed by atoms with Crippen molar-refractivity contribution >= 4 is 17.3 Å². The number of ether oxygens (including phenoxy) is 1. The van der Waals surface area contributed by atoms with E-state index in [2.05, 4.69) is 0 Å². The Bertz CT molecular complexity index is 806. The number of nitriles is 2. The van der Waals surface area contributed by atoms with E-state index in [1.165, 1.54) is 30.3 Å². The van der Waals surface area contributed by atoms with Gasteiger partial charge < -0.3 is 4.74 Å². The molecule has 0 amide bonds. The Morgan fingerprint density at radius 3 is 2.38 bits per heavy atom. The first-order valence-electron chi connectivity index (χ1n) is 5.61. The molecule has 0 aliphatic heterocycles. The number of rotatable bonds is 3. The minimum absolute atomic E-state index is 0.0182. The van der Waals surface area contributed by atoms with Gasteiger partial charge in [-0.25, -0.2) is 0 Å². The quantitative estimate of drug-likeness (QED) is 0.634. The van der Waals surface area contributed by atoms with E-state index in [0.29, 0.717) is 5.56 Å². The van der Waals surface area contributed by atoms with Crippen LogP contribution in [0.4, 0.5) is 5.69 Å². The molecule has 0 radical (unpaired) electrons. The van der Waals surface area contributed by atoms with Gasteiger partial charge >= 0.3 is 0 Å². The third-order valence-corrected chi connectivity index (χ3v) is 2.87. The van der Waals surface area contributed by atoms with Gasteiger partial charge in [-0.15, -0.1) is 0 Å². The molecule has 2 aromatic rings. The highest BCUT2D eigenvalue weighted by Crippen LogP contribution is 2.33. The van der Waals surface area contributed by atoms with Gasteiger partial charge in [-0.2, -0.15) is 10.5 Å². The number of benzene rings is 2. The molecular formula is C14H6ClN3O3. The maximum atomic E-state index is 10.7. The number of nitro benzene ring substituents is 1. The van der Waals surface area contributed by atoms with Crippen LogP contribution in [-0.2, 0) is 0 Å². The second kappa shape index (κ2) is 5.91. The fourth-order valence-corrected chi connectivity index (χ4v) is 1.80. The standard InChI is InChI=1S/C14H6ClN3O3/c15-12-5-9(7-16)1-3-14(12)21-13-4-2-11(18(19)20)6-10(13)8-17/h1-6H. The Morgan fingerprint density at radius 2 is 1.81 bits per heavy atom. The molecule has 0 fully saturated rings. The Labute approximate surface area is 124 Å². The van der Waals surface area contributed by atoms with Crippen LogP contribution in [-0.4, -0.2) is 4.92 Å². The van der Waals surface area contributed by atoms with Crippen molar-refractivity contribution in [1.82, 2.24) is 0 Å². The number of non-ortho nitro benzene ring substituents is 1. The second-order valence-electron chi connectivity index (χ2n) is 3.91. The van der Waals surface area contributed by atoms with Crippen LogP contribution >= 0.6 is 11.6 Å². The smallest absolute Gasteiger partial charge is 0.271 e. The van der Waals surface area contributed by atoms with Gasteiger partial charge in [0.1, 0.15) is 23.1 Å². The van der Waals surface area contributed by atoms with E-state index in [4.69, 9.17) is 26.9 Å². The van der Waals surface area contributed by atoms with Gasteiger partial charge in [-0.05, 0) is 24.3 Å². The summed E-state index contributed by atoms with van der Waals surface area (Å²) in [4.78, 5) is 10.1. The molecule has 0 atom stereocenters. The van der Waals surface area contributed by atoms with E-state index >= 15 is 0 Å². The molecule has 0 aliphatic rings. The highest BCUT2D eigenvalue weighted by Gasteiger charge is 2.13. The maximum Gasteiger partial charge on any atom is 0.271 e. The zero-order chi connectivity index (χ0) is 15.4. The molecule has 102 valence electrons. The third kappa shape index (κ3) is 3.08. The first-order chi connectivity index (χ1) is 10.0. The summed E-state index contributed by atoms with van der Waals surface area (Å²) in [6.07, 6.45) is 0. The monoisotopic (exact) mass is 299 g/mol. The van der Waals surface area contributed by atoms with Crippen molar-refractivity contribution in [2.45, 2.75) is 0 Å². The number of hydrogen-bond acceptors (Lipinski definition) is 5. The summed E-state index contributed by atoms with van der Waals surface area (Å²) < 4.78 is 5.48. The van der Waals surface area contributed by atoms with Crippen LogP contribution < -0.4 is 4.74 Å². The van der Waals surface area contributed by atoms with Crippen molar-refractivity contribution in [2.24, 2.45) is 0 Å². The Kier molecular flexibility index (Phi) is 4.03. The lowest BCUT2D eigenvalue weighted by molar-refractivity contribution is -0.384. The summed E-state index contributed by atoms with van der Waals surface area (Å²) in [6, 6.07) is 11.9. The van der Waals surface area contributed by atoms with Crippen molar-refractivity contribution in [2.75, 3.05) is 0 Å². The van der Waals surface area contributed by atoms with E-state index in [1.54, 1.807) is 0 Å². The average Bonchev–Trinajstić information content (AvgIpc) is 2.49. The van der Waals surface area contributed by atoms with Crippen LogP contribution in [0.1, 0.15) is 11.1 Å². The number of nitro groups is 1. The normalized spacial score (nSPS) is 9.48. The molecule has 0 saturated heterocycles. The summed E-state index contributed by atoms with van der Waals surface area (Å²) in [5.74, 6) is 0.399. The zero-order valence-electron chi connectivity index (χ0n) is 10.4.